The van der Waals surface area contributed by atoms with Crippen LogP contribution in [-0.4, -0.2) is 25.2 Å². The molecule has 4 nitrogen and oxygen atoms in total. The number of hydrogen-bond donors (Lipinski definition) is 0. The first-order valence-corrected chi connectivity index (χ1v) is 3.85. The molecule has 0 aromatic carbocycles. The molecular weight excluding hydrogens is 184 g/mol. The van der Waals surface area contributed by atoms with E-state index in [4.69, 9.17) is 1.37 Å². The first-order valence-electron chi connectivity index (χ1n) is 4.35. The van der Waals surface area contributed by atoms with E-state index in [-0.39, 0.29) is 13.2 Å². The van der Waals surface area contributed by atoms with Gasteiger partial charge in [-0.15, -0.1) is 0 Å². The summed E-state index contributed by atoms with van der Waals surface area (Å²) in [6, 6.07) is -0.564. The Kier molecular flexibility index (Phi) is 5.70. The van der Waals surface area contributed by atoms with E-state index in [1.54, 1.807) is 0 Å². The maximum atomic E-state index is 11.0. The number of ether oxygens (including phenoxy) is 2. The highest BCUT2D eigenvalue weighted by molar-refractivity contribution is 5.91. The molecular formula is C10H12O4. The van der Waals surface area contributed by atoms with Crippen LogP contribution in [0.2, 0.25) is 0 Å². The fraction of sp³-hybridized carbons (Fsp3) is 0.200. The van der Waals surface area contributed by atoms with Gasteiger partial charge in [-0.25, -0.2) is 9.59 Å². The largest absolute Gasteiger partial charge is 0.458 e. The van der Waals surface area contributed by atoms with Gasteiger partial charge in [0.15, 0.2) is 0 Å². The van der Waals surface area contributed by atoms with Gasteiger partial charge in [-0.1, -0.05) is 25.3 Å². The molecule has 0 N–H and O–H groups in total. The zero-order chi connectivity index (χ0) is 11.7. The molecule has 0 saturated carbocycles. The summed E-state index contributed by atoms with van der Waals surface area (Å²) in [6.07, 6.45) is 3.49. The number of hydrogen-bond acceptors (Lipinski definition) is 4. The van der Waals surface area contributed by atoms with Crippen LogP contribution in [0.15, 0.2) is 37.4 Å². The van der Waals surface area contributed by atoms with Crippen molar-refractivity contribution in [3.63, 3.8) is 0 Å². The summed E-state index contributed by atoms with van der Waals surface area (Å²) < 4.78 is 16.2. The molecule has 0 rings (SSSR count). The minimum atomic E-state index is -0.898. The predicted molar refractivity (Wildman–Crippen MR) is 51.5 cm³/mol. The summed E-state index contributed by atoms with van der Waals surface area (Å²) in [5.41, 5.74) is 0. The Morgan fingerprint density at radius 2 is 1.64 bits per heavy atom. The van der Waals surface area contributed by atoms with E-state index in [9.17, 15) is 9.59 Å². The summed E-state index contributed by atoms with van der Waals surface area (Å²) in [4.78, 5) is 21.9. The van der Waals surface area contributed by atoms with Crippen LogP contribution < -0.4 is 0 Å². The van der Waals surface area contributed by atoms with Crippen LogP contribution in [0, 0.1) is 0 Å². The molecule has 76 valence electrons. The van der Waals surface area contributed by atoms with E-state index in [0.717, 1.165) is 6.08 Å². The Balaban J connectivity index is 4.15. The molecule has 0 aliphatic carbocycles. The standard InChI is InChI=1S/C10H12O4/c1-3-7-13-9(11)5-6-10(12)14-8-4-2/h3-6H,1-2,7-8H2/i5D. The normalized spacial score (nSPS) is 11.1. The molecule has 0 atom stereocenters. The van der Waals surface area contributed by atoms with Gasteiger partial charge >= 0.3 is 11.9 Å². The maximum Gasteiger partial charge on any atom is 0.331 e. The highest BCUT2D eigenvalue weighted by Crippen LogP contribution is 1.85. The van der Waals surface area contributed by atoms with Gasteiger partial charge in [0.25, 0.3) is 0 Å². The smallest absolute Gasteiger partial charge is 0.331 e. The van der Waals surface area contributed by atoms with Crippen molar-refractivity contribution in [3.05, 3.63) is 37.4 Å². The number of esters is 2. The van der Waals surface area contributed by atoms with Crippen molar-refractivity contribution in [3.8, 4) is 0 Å². The lowest BCUT2D eigenvalue weighted by Gasteiger charge is -1.96. The maximum absolute atomic E-state index is 11.0. The Morgan fingerprint density at radius 1 is 1.14 bits per heavy atom. The summed E-state index contributed by atoms with van der Waals surface area (Å²) in [6.45, 7) is 6.70. The second-order valence-electron chi connectivity index (χ2n) is 2.09. The van der Waals surface area contributed by atoms with Gasteiger partial charge < -0.3 is 9.47 Å². The fourth-order valence-electron chi connectivity index (χ4n) is 0.477. The van der Waals surface area contributed by atoms with Crippen molar-refractivity contribution in [2.75, 3.05) is 13.2 Å². The second kappa shape index (κ2) is 7.79. The zero-order valence-corrected chi connectivity index (χ0v) is 7.69. The average molecular weight is 197 g/mol. The number of carbonyl (C=O) groups is 2. The molecule has 0 aromatic rings. The van der Waals surface area contributed by atoms with Crippen molar-refractivity contribution >= 4 is 11.9 Å². The predicted octanol–water partition coefficient (Wildman–Crippen LogP) is 1.00. The van der Waals surface area contributed by atoms with Gasteiger partial charge in [-0.05, 0) is 0 Å². The molecule has 0 aliphatic rings. The fourth-order valence-corrected chi connectivity index (χ4v) is 0.477. The van der Waals surface area contributed by atoms with Crippen LogP contribution in [0.4, 0.5) is 0 Å². The lowest BCUT2D eigenvalue weighted by atomic mass is 10.5. The Labute approximate surface area is 83.9 Å². The molecule has 0 bridgehead atoms. The van der Waals surface area contributed by atoms with Gasteiger partial charge in [0.1, 0.15) is 13.2 Å². The minimum absolute atomic E-state index is 0.00322. The van der Waals surface area contributed by atoms with Crippen LogP contribution in [-0.2, 0) is 19.1 Å². The van der Waals surface area contributed by atoms with Crippen LogP contribution in [0.25, 0.3) is 0 Å². The van der Waals surface area contributed by atoms with Crippen LogP contribution >= 0.6 is 0 Å². The highest BCUT2D eigenvalue weighted by Gasteiger charge is 1.98. The second-order valence-corrected chi connectivity index (χ2v) is 2.09. The van der Waals surface area contributed by atoms with E-state index >= 15 is 0 Å². The van der Waals surface area contributed by atoms with Crippen molar-refractivity contribution in [1.82, 2.24) is 0 Å². The molecule has 0 aliphatic heterocycles. The van der Waals surface area contributed by atoms with Gasteiger partial charge in [0, 0.05) is 12.1 Å². The van der Waals surface area contributed by atoms with E-state index in [0.29, 0.717) is 0 Å². The minimum Gasteiger partial charge on any atom is -0.458 e. The van der Waals surface area contributed by atoms with E-state index in [1.807, 2.05) is 0 Å². The Morgan fingerprint density at radius 3 is 2.14 bits per heavy atom. The van der Waals surface area contributed by atoms with E-state index < -0.39 is 18.0 Å². The molecule has 4 heteroatoms. The number of carbonyl (C=O) groups excluding carboxylic acids is 2. The highest BCUT2D eigenvalue weighted by atomic mass is 16.5. The van der Waals surface area contributed by atoms with Crippen molar-refractivity contribution in [2.24, 2.45) is 0 Å². The van der Waals surface area contributed by atoms with Crippen LogP contribution in [0.5, 0.6) is 0 Å². The topological polar surface area (TPSA) is 52.6 Å². The number of rotatable bonds is 6. The quantitative estimate of drug-likeness (QED) is 0.362. The van der Waals surface area contributed by atoms with Crippen LogP contribution in [0.1, 0.15) is 1.37 Å². The molecule has 0 radical (unpaired) electrons. The lowest BCUT2D eigenvalue weighted by Crippen LogP contribution is -2.04. The summed E-state index contributed by atoms with van der Waals surface area (Å²) in [5, 5.41) is 0. The summed E-state index contributed by atoms with van der Waals surface area (Å²) in [7, 11) is 0. The SMILES string of the molecule is [2H]C(=CC(=O)OCC=C)C(=O)OCC=C. The zero-order valence-electron chi connectivity index (χ0n) is 8.69. The van der Waals surface area contributed by atoms with Gasteiger partial charge in [0.05, 0.1) is 1.37 Å². The molecule has 0 amide bonds. The third-order valence-corrected chi connectivity index (χ3v) is 0.984. The van der Waals surface area contributed by atoms with Gasteiger partial charge in [0.2, 0.25) is 0 Å². The van der Waals surface area contributed by atoms with Gasteiger partial charge in [-0.3, -0.25) is 0 Å². The molecule has 0 spiro atoms. The summed E-state index contributed by atoms with van der Waals surface area (Å²) in [5.74, 6) is -1.68. The van der Waals surface area contributed by atoms with E-state index in [2.05, 4.69) is 22.6 Å². The monoisotopic (exact) mass is 197 g/mol. The van der Waals surface area contributed by atoms with Crippen molar-refractivity contribution in [1.29, 1.82) is 0 Å². The molecule has 0 fully saturated rings. The van der Waals surface area contributed by atoms with Crippen LogP contribution in [0.3, 0.4) is 0 Å². The molecule has 0 aromatic heterocycles. The summed E-state index contributed by atoms with van der Waals surface area (Å²) >= 11 is 0. The Hall–Kier alpha value is -1.84. The lowest BCUT2D eigenvalue weighted by molar-refractivity contribution is -0.139. The third kappa shape index (κ3) is 6.84. The Bertz CT molecular complexity index is 294. The molecule has 14 heavy (non-hydrogen) atoms. The molecule has 0 heterocycles. The first-order chi connectivity index (χ1) is 7.11. The van der Waals surface area contributed by atoms with Crippen molar-refractivity contribution in [2.45, 2.75) is 0 Å². The van der Waals surface area contributed by atoms with Gasteiger partial charge in [-0.2, -0.15) is 0 Å². The molecule has 0 saturated heterocycles. The van der Waals surface area contributed by atoms with E-state index in [1.165, 1.54) is 12.2 Å². The first kappa shape index (κ1) is 10.2. The molecule has 0 unspecified atom stereocenters. The average Bonchev–Trinajstić information content (AvgIpc) is 2.22. The van der Waals surface area contributed by atoms with Crippen molar-refractivity contribution < 1.29 is 20.4 Å². The third-order valence-electron chi connectivity index (χ3n) is 0.984.